The van der Waals surface area contributed by atoms with E-state index in [-0.39, 0.29) is 22.5 Å². The van der Waals surface area contributed by atoms with Gasteiger partial charge in [0, 0.05) is 18.9 Å². The van der Waals surface area contributed by atoms with E-state index >= 15 is 0 Å². The summed E-state index contributed by atoms with van der Waals surface area (Å²) in [6.07, 6.45) is 3.34. The molecule has 3 aromatic rings. The maximum Gasteiger partial charge on any atom is 0.284 e. The van der Waals surface area contributed by atoms with Crippen LogP contribution in [0.1, 0.15) is 24.0 Å². The number of nitrogens with one attached hydrogen (secondary N) is 2. The van der Waals surface area contributed by atoms with Crippen LogP contribution < -0.4 is 21.3 Å². The fourth-order valence-corrected chi connectivity index (χ4v) is 3.85. The van der Waals surface area contributed by atoms with Gasteiger partial charge in [0.2, 0.25) is 5.88 Å². The molecule has 4 heterocycles. The maximum atomic E-state index is 12.1. The van der Waals surface area contributed by atoms with Crippen LogP contribution in [0.5, 0.6) is 5.75 Å². The van der Waals surface area contributed by atoms with E-state index in [1.807, 2.05) is 13.0 Å². The van der Waals surface area contributed by atoms with Crippen LogP contribution in [0.15, 0.2) is 40.8 Å². The second kappa shape index (κ2) is 6.16. The highest BCUT2D eigenvalue weighted by Crippen LogP contribution is 2.48. The smallest absolute Gasteiger partial charge is 0.284 e. The van der Waals surface area contributed by atoms with Crippen molar-refractivity contribution in [2.75, 3.05) is 11.9 Å². The number of H-pyrrole nitrogens is 1. The molecule has 0 spiro atoms. The lowest BCUT2D eigenvalue weighted by atomic mass is 9.84. The number of hydrogen-bond donors (Lipinski definition) is 3. The molecule has 9 heteroatoms. The lowest BCUT2D eigenvalue weighted by molar-refractivity contribution is 0.399. The summed E-state index contributed by atoms with van der Waals surface area (Å²) in [4.78, 5) is 20.7. The van der Waals surface area contributed by atoms with Gasteiger partial charge < -0.3 is 15.8 Å². The topological polar surface area (TPSA) is 130 Å². The monoisotopic (exact) mass is 366 g/mol. The summed E-state index contributed by atoms with van der Waals surface area (Å²) in [6, 6.07) is 5.81. The number of hydrogen-bond acceptors (Lipinski definition) is 8. The van der Waals surface area contributed by atoms with Gasteiger partial charge in [-0.05, 0) is 18.6 Å². The zero-order valence-corrected chi connectivity index (χ0v) is 14.6. The third-order valence-corrected chi connectivity index (χ3v) is 5.01. The first-order valence-corrected chi connectivity index (χ1v) is 8.73. The molecule has 8 nitrogen and oxygen atoms in total. The number of fused-ring (bicyclic) bond motifs is 3. The molecular weight excluding hydrogens is 352 g/mol. The summed E-state index contributed by atoms with van der Waals surface area (Å²) in [5.41, 5.74) is 7.79. The largest absolute Gasteiger partial charge is 0.438 e. The van der Waals surface area contributed by atoms with Crippen molar-refractivity contribution in [3.8, 4) is 11.8 Å². The molecule has 0 saturated carbocycles. The Labute approximate surface area is 152 Å². The predicted octanol–water partition coefficient (Wildman–Crippen LogP) is 2.03. The molecule has 1 aliphatic rings. The van der Waals surface area contributed by atoms with Crippen molar-refractivity contribution in [3.05, 3.63) is 57.5 Å². The number of nitrogens with two attached hydrogens (primary N) is 1. The molecule has 130 valence electrons. The Morgan fingerprint density at radius 1 is 1.54 bits per heavy atom. The molecule has 0 unspecified atom stereocenters. The Balaban J connectivity index is 2.10. The van der Waals surface area contributed by atoms with E-state index in [0.29, 0.717) is 28.4 Å². The van der Waals surface area contributed by atoms with Crippen LogP contribution in [0.25, 0.3) is 10.2 Å². The molecule has 1 aliphatic heterocycles. The summed E-state index contributed by atoms with van der Waals surface area (Å²) >= 11 is 1.13. The van der Waals surface area contributed by atoms with Crippen LogP contribution >= 0.6 is 11.5 Å². The van der Waals surface area contributed by atoms with Crippen molar-refractivity contribution in [1.82, 2.24) is 14.3 Å². The molecule has 0 fully saturated rings. The Kier molecular flexibility index (Phi) is 3.82. The molecule has 0 aromatic carbocycles. The number of aromatic amines is 1. The van der Waals surface area contributed by atoms with Crippen molar-refractivity contribution in [1.29, 1.82) is 5.26 Å². The minimum Gasteiger partial charge on any atom is -0.438 e. The van der Waals surface area contributed by atoms with Gasteiger partial charge in [0.1, 0.15) is 22.2 Å². The highest BCUT2D eigenvalue weighted by Gasteiger charge is 2.36. The third kappa shape index (κ3) is 2.31. The second-order valence-electron chi connectivity index (χ2n) is 5.66. The SMILES string of the molecule is CCNc1nc2c(=O)[nH]sc2c2c1[C@@H](c1cccnc1)C(C#N)=C(N)O2. The molecule has 26 heavy (non-hydrogen) atoms. The van der Waals surface area contributed by atoms with E-state index in [0.717, 1.165) is 17.1 Å². The highest BCUT2D eigenvalue weighted by atomic mass is 32.1. The van der Waals surface area contributed by atoms with Gasteiger partial charge in [0.05, 0.1) is 11.5 Å². The summed E-state index contributed by atoms with van der Waals surface area (Å²) < 4.78 is 9.03. The molecular formula is C17H14N6O2S. The van der Waals surface area contributed by atoms with Crippen molar-refractivity contribution >= 4 is 27.6 Å². The molecule has 0 radical (unpaired) electrons. The Hall–Kier alpha value is -3.38. The summed E-state index contributed by atoms with van der Waals surface area (Å²) in [7, 11) is 0. The predicted molar refractivity (Wildman–Crippen MR) is 97.9 cm³/mol. The molecule has 0 saturated heterocycles. The molecule has 0 amide bonds. The van der Waals surface area contributed by atoms with Crippen LogP contribution in [-0.4, -0.2) is 20.9 Å². The zero-order valence-electron chi connectivity index (χ0n) is 13.7. The molecule has 0 aliphatic carbocycles. The average molecular weight is 366 g/mol. The van der Waals surface area contributed by atoms with Gasteiger partial charge in [0.25, 0.3) is 5.56 Å². The number of nitrogens with zero attached hydrogens (tertiary/aromatic N) is 3. The number of anilines is 1. The fraction of sp³-hybridized carbons (Fsp3) is 0.176. The fourth-order valence-electron chi connectivity index (χ4n) is 3.08. The van der Waals surface area contributed by atoms with Crippen LogP contribution in [0, 0.1) is 11.3 Å². The summed E-state index contributed by atoms with van der Waals surface area (Å²) in [6.45, 7) is 2.52. The maximum absolute atomic E-state index is 12.1. The van der Waals surface area contributed by atoms with E-state index in [2.05, 4.69) is 25.7 Å². The molecule has 4 rings (SSSR count). The van der Waals surface area contributed by atoms with Crippen LogP contribution in [0.2, 0.25) is 0 Å². The van der Waals surface area contributed by atoms with Gasteiger partial charge in [-0.15, -0.1) is 0 Å². The van der Waals surface area contributed by atoms with Crippen LogP contribution in [-0.2, 0) is 0 Å². The summed E-state index contributed by atoms with van der Waals surface area (Å²) in [5, 5.41) is 12.8. The summed E-state index contributed by atoms with van der Waals surface area (Å²) in [5.74, 6) is 0.470. The lowest BCUT2D eigenvalue weighted by Crippen LogP contribution is -2.23. The standard InChI is InChI=1S/C17H14N6O2S/c1-2-21-16-11-10(8-4-3-5-20-7-8)9(6-18)15(19)25-13(11)14-12(22-16)17(24)23-26-14/h3-5,7,10H,2,19H2,1H3,(H,21,22)(H,23,24)/t10-/m0/s1. The molecule has 0 bridgehead atoms. The minimum atomic E-state index is -0.486. The second-order valence-corrected chi connectivity index (χ2v) is 6.47. The van der Waals surface area contributed by atoms with Gasteiger partial charge in [0.15, 0.2) is 11.3 Å². The van der Waals surface area contributed by atoms with Gasteiger partial charge in [-0.1, -0.05) is 17.6 Å². The van der Waals surface area contributed by atoms with E-state index in [1.165, 1.54) is 0 Å². The van der Waals surface area contributed by atoms with Gasteiger partial charge in [-0.25, -0.2) is 4.98 Å². The van der Waals surface area contributed by atoms with E-state index in [4.69, 9.17) is 10.5 Å². The van der Waals surface area contributed by atoms with Gasteiger partial charge in [-0.3, -0.25) is 14.2 Å². The normalized spacial score (nSPS) is 16.1. The molecule has 4 N–H and O–H groups in total. The quantitative estimate of drug-likeness (QED) is 0.646. The first kappa shape index (κ1) is 16.1. The van der Waals surface area contributed by atoms with Crippen LogP contribution in [0.3, 0.4) is 0 Å². The highest BCUT2D eigenvalue weighted by molar-refractivity contribution is 7.13. The van der Waals surface area contributed by atoms with Gasteiger partial charge >= 0.3 is 0 Å². The first-order chi connectivity index (χ1) is 12.7. The Morgan fingerprint density at radius 2 is 2.38 bits per heavy atom. The number of ether oxygens (including phenoxy) is 1. The van der Waals surface area contributed by atoms with E-state index < -0.39 is 5.92 Å². The number of rotatable bonds is 3. The van der Waals surface area contributed by atoms with Gasteiger partial charge in [-0.2, -0.15) is 5.26 Å². The van der Waals surface area contributed by atoms with Crippen molar-refractivity contribution in [2.24, 2.45) is 5.73 Å². The lowest BCUT2D eigenvalue weighted by Gasteiger charge is -2.28. The number of nitriles is 1. The van der Waals surface area contributed by atoms with Crippen molar-refractivity contribution in [3.63, 3.8) is 0 Å². The van der Waals surface area contributed by atoms with E-state index in [9.17, 15) is 10.1 Å². The third-order valence-electron chi connectivity index (χ3n) is 4.14. The average Bonchev–Trinajstić information content (AvgIpc) is 3.03. The number of pyridine rings is 2. The molecule has 3 aromatic heterocycles. The first-order valence-electron chi connectivity index (χ1n) is 7.92. The minimum absolute atomic E-state index is 0.0182. The van der Waals surface area contributed by atoms with Crippen molar-refractivity contribution < 1.29 is 4.74 Å². The molecule has 1 atom stereocenters. The number of allylic oxidation sites excluding steroid dienone is 1. The zero-order chi connectivity index (χ0) is 18.3. The van der Waals surface area contributed by atoms with Crippen molar-refractivity contribution in [2.45, 2.75) is 12.8 Å². The van der Waals surface area contributed by atoms with E-state index in [1.54, 1.807) is 18.5 Å². The number of aromatic nitrogens is 3. The Morgan fingerprint density at radius 3 is 3.08 bits per heavy atom. The Bertz CT molecular complexity index is 1130. The van der Waals surface area contributed by atoms with Crippen LogP contribution in [0.4, 0.5) is 5.82 Å².